The Balaban J connectivity index is 2.04. The van der Waals surface area contributed by atoms with Gasteiger partial charge >= 0.3 is 11.8 Å². The Labute approximate surface area is 139 Å². The van der Waals surface area contributed by atoms with E-state index in [0.717, 1.165) is 0 Å². The van der Waals surface area contributed by atoms with Crippen LogP contribution in [0, 0.1) is 17.0 Å². The van der Waals surface area contributed by atoms with E-state index in [2.05, 4.69) is 5.10 Å². The molecule has 8 nitrogen and oxygen atoms in total. The van der Waals surface area contributed by atoms with Gasteiger partial charge in [-0.1, -0.05) is 11.6 Å². The molecule has 2 rings (SSSR count). The maximum atomic E-state index is 12.0. The fraction of sp³-hybridized carbons (Fsp3) is 0.714. The molecule has 1 fully saturated rings. The van der Waals surface area contributed by atoms with Gasteiger partial charge in [-0.15, -0.1) is 0 Å². The Morgan fingerprint density at radius 2 is 1.96 bits per heavy atom. The average Bonchev–Trinajstić information content (AvgIpc) is 2.72. The molecule has 128 valence electrons. The number of carbonyl (C=O) groups is 1. The highest BCUT2D eigenvalue weighted by molar-refractivity contribution is 6.31. The highest BCUT2D eigenvalue weighted by atomic mass is 35.5. The Kier molecular flexibility index (Phi) is 4.84. The molecule has 0 spiro atoms. The molecule has 0 aliphatic carbocycles. The van der Waals surface area contributed by atoms with Crippen LogP contribution in [0.25, 0.3) is 0 Å². The van der Waals surface area contributed by atoms with Crippen molar-refractivity contribution in [2.75, 3.05) is 13.1 Å². The maximum absolute atomic E-state index is 12.0. The lowest BCUT2D eigenvalue weighted by atomic mass is 10.1. The number of carbonyl (C=O) groups excluding carboxylic acids is 1. The first-order chi connectivity index (χ1) is 10.6. The Morgan fingerprint density at radius 3 is 2.39 bits per heavy atom. The first kappa shape index (κ1) is 17.5. The van der Waals surface area contributed by atoms with Crippen LogP contribution in [0.2, 0.25) is 5.15 Å². The molecular weight excluding hydrogens is 324 g/mol. The number of rotatable bonds is 2. The molecule has 0 radical (unpaired) electrons. The van der Waals surface area contributed by atoms with Gasteiger partial charge in [0.15, 0.2) is 0 Å². The van der Waals surface area contributed by atoms with Crippen LogP contribution in [0.3, 0.4) is 0 Å². The fourth-order valence-electron chi connectivity index (χ4n) is 2.66. The van der Waals surface area contributed by atoms with Crippen LogP contribution in [-0.2, 0) is 4.74 Å². The zero-order valence-corrected chi connectivity index (χ0v) is 14.5. The summed E-state index contributed by atoms with van der Waals surface area (Å²) in [6, 6.07) is -0.0140. The molecule has 2 heterocycles. The molecule has 1 aliphatic heterocycles. The second-order valence-corrected chi connectivity index (χ2v) is 6.98. The lowest BCUT2D eigenvalue weighted by Crippen LogP contribution is -2.42. The van der Waals surface area contributed by atoms with Crippen molar-refractivity contribution in [1.82, 2.24) is 14.7 Å². The van der Waals surface area contributed by atoms with E-state index < -0.39 is 10.5 Å². The number of amides is 1. The second-order valence-electron chi connectivity index (χ2n) is 6.63. The molecule has 0 N–H and O–H groups in total. The van der Waals surface area contributed by atoms with Crippen LogP contribution in [0.4, 0.5) is 10.5 Å². The monoisotopic (exact) mass is 344 g/mol. The number of hydrogen-bond acceptors (Lipinski definition) is 5. The number of ether oxygens (including phenoxy) is 1. The first-order valence-electron chi connectivity index (χ1n) is 7.47. The van der Waals surface area contributed by atoms with Gasteiger partial charge in [0.25, 0.3) is 0 Å². The van der Waals surface area contributed by atoms with Crippen molar-refractivity contribution in [2.45, 2.75) is 52.2 Å². The summed E-state index contributed by atoms with van der Waals surface area (Å²) in [6.07, 6.45) is 0.960. The van der Waals surface area contributed by atoms with E-state index in [1.807, 2.05) is 20.8 Å². The summed E-state index contributed by atoms with van der Waals surface area (Å²) in [5.41, 5.74) is -0.238. The van der Waals surface area contributed by atoms with E-state index in [1.54, 1.807) is 16.5 Å². The predicted molar refractivity (Wildman–Crippen MR) is 84.7 cm³/mol. The van der Waals surface area contributed by atoms with E-state index in [9.17, 15) is 14.9 Å². The molecular formula is C14H21ClN4O4. The smallest absolute Gasteiger partial charge is 0.410 e. The molecule has 1 aliphatic rings. The van der Waals surface area contributed by atoms with Crippen LogP contribution >= 0.6 is 11.6 Å². The molecule has 0 unspecified atom stereocenters. The number of hydrogen-bond donors (Lipinski definition) is 0. The highest BCUT2D eigenvalue weighted by Gasteiger charge is 2.31. The molecule has 0 aromatic carbocycles. The molecule has 1 amide bonds. The predicted octanol–water partition coefficient (Wildman–Crippen LogP) is 3.33. The van der Waals surface area contributed by atoms with Crippen molar-refractivity contribution >= 4 is 23.4 Å². The lowest BCUT2D eigenvalue weighted by Gasteiger charge is -2.33. The number of piperidine rings is 1. The van der Waals surface area contributed by atoms with Gasteiger partial charge in [0.2, 0.25) is 5.15 Å². The zero-order valence-electron chi connectivity index (χ0n) is 13.7. The molecule has 23 heavy (non-hydrogen) atoms. The van der Waals surface area contributed by atoms with Gasteiger partial charge in [0.1, 0.15) is 11.3 Å². The normalized spacial score (nSPS) is 16.5. The lowest BCUT2D eigenvalue weighted by molar-refractivity contribution is -0.385. The van der Waals surface area contributed by atoms with Gasteiger partial charge in [0.05, 0.1) is 11.0 Å². The number of nitro groups is 1. The third-order valence-corrected chi connectivity index (χ3v) is 3.98. The minimum Gasteiger partial charge on any atom is -0.444 e. The fourth-order valence-corrected chi connectivity index (χ4v) is 2.94. The zero-order chi connectivity index (χ0) is 17.4. The summed E-state index contributed by atoms with van der Waals surface area (Å²) >= 11 is 5.86. The van der Waals surface area contributed by atoms with Gasteiger partial charge in [-0.25, -0.2) is 4.79 Å². The Bertz CT molecular complexity index is 615. The maximum Gasteiger partial charge on any atom is 0.410 e. The molecule has 1 aromatic heterocycles. The van der Waals surface area contributed by atoms with Crippen LogP contribution in [0.5, 0.6) is 0 Å². The first-order valence-corrected chi connectivity index (χ1v) is 7.85. The van der Waals surface area contributed by atoms with Crippen molar-refractivity contribution in [3.8, 4) is 0 Å². The van der Waals surface area contributed by atoms with Crippen molar-refractivity contribution < 1.29 is 14.5 Å². The van der Waals surface area contributed by atoms with Gasteiger partial charge in [0, 0.05) is 13.1 Å². The summed E-state index contributed by atoms with van der Waals surface area (Å²) in [5, 5.41) is 15.0. The molecule has 0 saturated carbocycles. The summed E-state index contributed by atoms with van der Waals surface area (Å²) in [5.74, 6) is 0. The molecule has 0 atom stereocenters. The summed E-state index contributed by atoms with van der Waals surface area (Å²) in [7, 11) is 0. The van der Waals surface area contributed by atoms with Crippen LogP contribution in [0.1, 0.15) is 45.3 Å². The van der Waals surface area contributed by atoms with E-state index >= 15 is 0 Å². The standard InChI is InChI=1S/C14H21ClN4O4/c1-9-11(19(21)22)12(15)16-18(9)10-5-7-17(8-6-10)13(20)23-14(2,3)4/h10H,5-8H2,1-4H3. The highest BCUT2D eigenvalue weighted by Crippen LogP contribution is 2.32. The summed E-state index contributed by atoms with van der Waals surface area (Å²) < 4.78 is 6.95. The Hall–Kier alpha value is -1.83. The third-order valence-electron chi connectivity index (χ3n) is 3.72. The SMILES string of the molecule is Cc1c([N+](=O)[O-])c(Cl)nn1C1CCN(C(=O)OC(C)(C)C)CC1. The summed E-state index contributed by atoms with van der Waals surface area (Å²) in [4.78, 5) is 24.2. The summed E-state index contributed by atoms with van der Waals surface area (Å²) in [6.45, 7) is 8.15. The second kappa shape index (κ2) is 6.35. The van der Waals surface area contributed by atoms with Gasteiger partial charge in [-0.2, -0.15) is 5.10 Å². The van der Waals surface area contributed by atoms with E-state index in [0.29, 0.717) is 31.6 Å². The molecule has 9 heteroatoms. The number of halogens is 1. The third kappa shape index (κ3) is 3.93. The van der Waals surface area contributed by atoms with Crippen LogP contribution in [-0.4, -0.2) is 44.4 Å². The topological polar surface area (TPSA) is 90.5 Å². The molecule has 1 saturated heterocycles. The van der Waals surface area contributed by atoms with E-state index in [-0.39, 0.29) is 23.0 Å². The van der Waals surface area contributed by atoms with E-state index in [1.165, 1.54) is 0 Å². The van der Waals surface area contributed by atoms with E-state index in [4.69, 9.17) is 16.3 Å². The number of nitrogens with zero attached hydrogens (tertiary/aromatic N) is 4. The van der Waals surface area contributed by atoms with Crippen molar-refractivity contribution in [2.24, 2.45) is 0 Å². The average molecular weight is 345 g/mol. The number of aromatic nitrogens is 2. The van der Waals surface area contributed by atoms with Crippen molar-refractivity contribution in [3.63, 3.8) is 0 Å². The minimum atomic E-state index is -0.527. The minimum absolute atomic E-state index is 0.0140. The van der Waals surface area contributed by atoms with Crippen LogP contribution < -0.4 is 0 Å². The largest absolute Gasteiger partial charge is 0.444 e. The molecule has 0 bridgehead atoms. The quantitative estimate of drug-likeness (QED) is 0.606. The van der Waals surface area contributed by atoms with Gasteiger partial charge < -0.3 is 9.64 Å². The van der Waals surface area contributed by atoms with Gasteiger partial charge in [-0.3, -0.25) is 14.8 Å². The van der Waals surface area contributed by atoms with Crippen LogP contribution in [0.15, 0.2) is 0 Å². The van der Waals surface area contributed by atoms with Crippen molar-refractivity contribution in [1.29, 1.82) is 0 Å². The van der Waals surface area contributed by atoms with Gasteiger partial charge in [-0.05, 0) is 40.5 Å². The number of likely N-dealkylation sites (tertiary alicyclic amines) is 1. The Morgan fingerprint density at radius 1 is 1.39 bits per heavy atom. The molecule has 1 aromatic rings. The van der Waals surface area contributed by atoms with Crippen molar-refractivity contribution in [3.05, 3.63) is 21.0 Å².